The second kappa shape index (κ2) is 16.5. The summed E-state index contributed by atoms with van der Waals surface area (Å²) in [7, 11) is 0. The first-order valence-corrected chi connectivity index (χ1v) is 17.0. The summed E-state index contributed by atoms with van der Waals surface area (Å²) in [6, 6.07) is 67.1. The van der Waals surface area contributed by atoms with Crippen molar-refractivity contribution in [2.45, 2.75) is 44.2 Å². The van der Waals surface area contributed by atoms with Gasteiger partial charge < -0.3 is 14.8 Å². The molecule has 0 heterocycles. The monoisotopic (exact) mass is 631 g/mol. The molecule has 3 heteroatoms. The van der Waals surface area contributed by atoms with Gasteiger partial charge in [-0.3, -0.25) is 0 Å². The van der Waals surface area contributed by atoms with Crippen molar-refractivity contribution < 1.29 is 14.8 Å². The van der Waals surface area contributed by atoms with E-state index >= 15 is 0 Å². The van der Waals surface area contributed by atoms with Gasteiger partial charge in [0.15, 0.2) is 11.1 Å². The Kier molecular flexibility index (Phi) is 11.7. The maximum Gasteiger partial charge on any atom is 0.176 e. The number of benzene rings is 6. The minimum Gasteiger partial charge on any atom is -0.550 e. The molecule has 0 fully saturated rings. The van der Waals surface area contributed by atoms with Gasteiger partial charge in [-0.2, -0.15) is 0 Å². The Labute approximate surface area is 286 Å². The zero-order chi connectivity index (χ0) is 33.7. The lowest BCUT2D eigenvalue weighted by atomic mass is 9.67. The molecule has 0 aliphatic rings. The number of unbranched alkanes of at least 4 members (excludes halogenated alkanes) is 1. The topological polar surface area (TPSA) is 44.6 Å². The van der Waals surface area contributed by atoms with Crippen molar-refractivity contribution in [3.8, 4) is 0 Å². The van der Waals surface area contributed by atoms with Crippen LogP contribution in [-0.2, 0) is 15.9 Å². The van der Waals surface area contributed by atoms with Crippen molar-refractivity contribution >= 4 is 5.97 Å². The van der Waals surface area contributed by atoms with Gasteiger partial charge in [-0.25, -0.2) is 0 Å². The van der Waals surface area contributed by atoms with Crippen LogP contribution in [-0.4, -0.2) is 12.5 Å². The molecule has 242 valence electrons. The Hall–Kier alpha value is -5.25. The van der Waals surface area contributed by atoms with Gasteiger partial charge in [-0.15, -0.1) is 0 Å². The van der Waals surface area contributed by atoms with Gasteiger partial charge in [0.25, 0.3) is 0 Å². The molecular formula is C45H45NO2. The summed E-state index contributed by atoms with van der Waals surface area (Å²) in [6.45, 7) is 4.80. The quantitative estimate of drug-likeness (QED) is 0.140. The Balaban J connectivity index is 0.000000840. The fraction of sp³-hybridized carbons (Fsp3) is 0.178. The number of carbonyl (C=O) groups is 1. The van der Waals surface area contributed by atoms with Crippen LogP contribution in [0, 0.1) is 0 Å². The van der Waals surface area contributed by atoms with Crippen molar-refractivity contribution in [2.24, 2.45) is 0 Å². The largest absolute Gasteiger partial charge is 0.550 e. The predicted molar refractivity (Wildman–Crippen MR) is 194 cm³/mol. The molecule has 0 saturated carbocycles. The average molecular weight is 632 g/mol. The van der Waals surface area contributed by atoms with Gasteiger partial charge in [0, 0.05) is 39.4 Å². The maximum absolute atomic E-state index is 9.26. The third-order valence-corrected chi connectivity index (χ3v) is 9.22. The van der Waals surface area contributed by atoms with Gasteiger partial charge in [0.05, 0.1) is 6.54 Å². The van der Waals surface area contributed by atoms with E-state index in [1.165, 1.54) is 45.2 Å². The van der Waals surface area contributed by atoms with E-state index in [1.54, 1.807) is 0 Å². The second-order valence-electron chi connectivity index (χ2n) is 12.0. The summed E-state index contributed by atoms with van der Waals surface area (Å²) in [5, 5.41) is 9.26. The number of carboxylic acids is 1. The third-order valence-electron chi connectivity index (χ3n) is 9.22. The van der Waals surface area contributed by atoms with E-state index in [0.717, 1.165) is 19.4 Å². The van der Waals surface area contributed by atoms with Crippen molar-refractivity contribution in [1.82, 2.24) is 0 Å². The van der Waals surface area contributed by atoms with Crippen LogP contribution in [0.15, 0.2) is 182 Å². The molecule has 0 radical (unpaired) electrons. The number of hydrogen-bond acceptors (Lipinski definition) is 2. The van der Waals surface area contributed by atoms with Gasteiger partial charge in [-0.1, -0.05) is 202 Å². The molecular weight excluding hydrogens is 587 g/mol. The first-order valence-electron chi connectivity index (χ1n) is 17.0. The second-order valence-corrected chi connectivity index (χ2v) is 12.0. The van der Waals surface area contributed by atoms with Crippen LogP contribution in [0.5, 0.6) is 0 Å². The lowest BCUT2D eigenvalue weighted by molar-refractivity contribution is -0.992. The summed E-state index contributed by atoms with van der Waals surface area (Å²) >= 11 is 0. The molecule has 0 spiro atoms. The third kappa shape index (κ3) is 6.88. The van der Waals surface area contributed by atoms with E-state index in [2.05, 4.69) is 189 Å². The first kappa shape index (κ1) is 34.1. The van der Waals surface area contributed by atoms with Crippen LogP contribution in [0.3, 0.4) is 0 Å². The average Bonchev–Trinajstić information content (AvgIpc) is 3.17. The zero-order valence-corrected chi connectivity index (χ0v) is 28.0. The molecule has 0 aliphatic carbocycles. The highest BCUT2D eigenvalue weighted by Gasteiger charge is 2.57. The van der Waals surface area contributed by atoms with E-state index in [0.29, 0.717) is 0 Å². The molecule has 0 unspecified atom stereocenters. The number of quaternary nitrogens is 1. The minimum absolute atomic E-state index is 0.111. The predicted octanol–water partition coefficient (Wildman–Crippen LogP) is 7.80. The maximum atomic E-state index is 9.26. The van der Waals surface area contributed by atoms with Crippen molar-refractivity contribution in [1.29, 1.82) is 0 Å². The van der Waals surface area contributed by atoms with E-state index in [-0.39, 0.29) is 6.42 Å². The smallest absolute Gasteiger partial charge is 0.176 e. The van der Waals surface area contributed by atoms with E-state index < -0.39 is 17.0 Å². The fourth-order valence-electron chi connectivity index (χ4n) is 7.18. The Morgan fingerprint density at radius 2 is 0.667 bits per heavy atom. The first-order chi connectivity index (χ1) is 23.6. The summed E-state index contributed by atoms with van der Waals surface area (Å²) in [5.41, 5.74) is 6.62. The van der Waals surface area contributed by atoms with Crippen molar-refractivity contribution in [3.63, 3.8) is 0 Å². The molecule has 0 amide bonds. The molecule has 6 rings (SSSR count). The number of rotatable bonds is 12. The van der Waals surface area contributed by atoms with Crippen molar-refractivity contribution in [3.05, 3.63) is 215 Å². The number of carboxylic acid groups (broad SMARTS) is 1. The lowest BCUT2D eigenvalue weighted by Crippen LogP contribution is -3.25. The number of aliphatic carboxylic acids is 1. The van der Waals surface area contributed by atoms with Gasteiger partial charge in [-0.05, 0) is 12.8 Å². The molecule has 0 bridgehead atoms. The highest BCUT2D eigenvalue weighted by molar-refractivity contribution is 5.63. The van der Waals surface area contributed by atoms with Crippen LogP contribution in [0.1, 0.15) is 66.5 Å². The Morgan fingerprint density at radius 1 is 0.458 bits per heavy atom. The Bertz CT molecular complexity index is 1470. The van der Waals surface area contributed by atoms with E-state index in [1.807, 2.05) is 0 Å². The molecule has 0 aromatic heterocycles. The van der Waals surface area contributed by atoms with Crippen LogP contribution >= 0.6 is 0 Å². The highest BCUT2D eigenvalue weighted by Crippen LogP contribution is 2.41. The Morgan fingerprint density at radius 3 is 0.833 bits per heavy atom. The number of hydrogen-bond donors (Lipinski definition) is 1. The molecule has 0 aliphatic heterocycles. The SMILES string of the molecule is CCC(=O)[O-].CCCC[NH+](C(c1ccccc1)(c1ccccc1)c1ccccc1)C(c1ccccc1)(c1ccccc1)c1ccccc1. The molecule has 1 N–H and O–H groups in total. The molecule has 0 saturated heterocycles. The number of carbonyl (C=O) groups excluding carboxylic acids is 1. The zero-order valence-electron chi connectivity index (χ0n) is 28.0. The summed E-state index contributed by atoms with van der Waals surface area (Å²) in [4.78, 5) is 10.7. The minimum atomic E-state index is -0.995. The van der Waals surface area contributed by atoms with E-state index in [4.69, 9.17) is 0 Å². The fourth-order valence-corrected chi connectivity index (χ4v) is 7.18. The van der Waals surface area contributed by atoms with Crippen LogP contribution in [0.4, 0.5) is 0 Å². The molecule has 6 aromatic rings. The van der Waals surface area contributed by atoms with Gasteiger partial charge in [0.2, 0.25) is 0 Å². The summed E-state index contributed by atoms with van der Waals surface area (Å²) < 4.78 is 0. The lowest BCUT2D eigenvalue weighted by Gasteiger charge is -2.53. The molecule has 0 atom stereocenters. The summed E-state index contributed by atoms with van der Waals surface area (Å²) in [5.74, 6) is -0.995. The number of nitrogens with one attached hydrogen (secondary N) is 1. The standard InChI is InChI=1S/C42H39N.C3H6O2/c1-2-3-34-43(41(35-22-10-4-11-23-35,36-24-12-5-13-25-36)37-26-14-6-15-27-37)42(38-28-16-7-17-29-38,39-30-18-8-19-31-39)40-32-20-9-21-33-40;1-2-3(4)5/h4-33H,2-3,34H2,1H3;2H2,1H3,(H,4,5). The molecule has 48 heavy (non-hydrogen) atoms. The van der Waals surface area contributed by atoms with Crippen LogP contribution in [0.25, 0.3) is 0 Å². The van der Waals surface area contributed by atoms with Gasteiger partial charge >= 0.3 is 0 Å². The molecule has 3 nitrogen and oxygen atoms in total. The van der Waals surface area contributed by atoms with Gasteiger partial charge in [0.1, 0.15) is 0 Å². The van der Waals surface area contributed by atoms with E-state index in [9.17, 15) is 9.90 Å². The normalized spacial score (nSPS) is 11.4. The summed E-state index contributed by atoms with van der Waals surface area (Å²) in [6.07, 6.45) is 2.30. The highest BCUT2D eigenvalue weighted by atomic mass is 16.4. The van der Waals surface area contributed by atoms with Crippen LogP contribution < -0.4 is 10.0 Å². The van der Waals surface area contributed by atoms with Crippen LogP contribution in [0.2, 0.25) is 0 Å². The molecule has 6 aromatic carbocycles. The van der Waals surface area contributed by atoms with Crippen molar-refractivity contribution in [2.75, 3.05) is 6.54 Å².